The third kappa shape index (κ3) is 4.72. The Morgan fingerprint density at radius 3 is 2.67 bits per heavy atom. The molecule has 6 heteroatoms. The Balaban J connectivity index is 3.22. The molecule has 0 saturated carbocycles. The van der Waals surface area contributed by atoms with Crippen LogP contribution in [0.25, 0.3) is 0 Å². The molecular weight excluding hydrogens is 308 g/mol. The summed E-state index contributed by atoms with van der Waals surface area (Å²) in [5.41, 5.74) is 8.01. The lowest BCUT2D eigenvalue weighted by atomic mass is 9.81. The Morgan fingerprint density at radius 1 is 1.46 bits per heavy atom. The maximum Gasteiger partial charge on any atom is 0.314 e. The number of carbonyl (C=O) groups excluding carboxylic acids is 1. The number of aliphatic hydroxyl groups excluding tert-OH is 1. The average Bonchev–Trinajstić information content (AvgIpc) is 2.55. The summed E-state index contributed by atoms with van der Waals surface area (Å²) < 4.78 is 10.9. The van der Waals surface area contributed by atoms with Crippen LogP contribution in [-0.4, -0.2) is 31.8 Å². The quantitative estimate of drug-likeness (QED) is 0.626. The highest BCUT2D eigenvalue weighted by atomic mass is 16.5. The van der Waals surface area contributed by atoms with Crippen LogP contribution >= 0.6 is 0 Å². The molecule has 0 spiro atoms. The number of rotatable bonds is 8. The molecular formula is C18H28N2O4. The van der Waals surface area contributed by atoms with Gasteiger partial charge in [-0.1, -0.05) is 18.2 Å². The standard InChI is InChI=1S/C18H28N2O4/c1-12-6-7-13(8-14(12)10-21)16(18(2,3)17(22)23-5)24-11-15(19)9-20-4/h6-9,16,20-21H,10-11,19H2,1-5H3/b15-9-. The number of aliphatic hydroxyl groups is 1. The number of aryl methyl sites for hydroxylation is 1. The van der Waals surface area contributed by atoms with Crippen LogP contribution in [0, 0.1) is 12.3 Å². The number of benzene rings is 1. The van der Waals surface area contributed by atoms with E-state index in [-0.39, 0.29) is 19.2 Å². The third-order valence-corrected chi connectivity index (χ3v) is 3.96. The predicted octanol–water partition coefficient (Wildman–Crippen LogP) is 1.76. The van der Waals surface area contributed by atoms with Crippen LogP contribution in [0.5, 0.6) is 0 Å². The number of methoxy groups -OCH3 is 1. The van der Waals surface area contributed by atoms with Gasteiger partial charge in [-0.25, -0.2) is 0 Å². The zero-order valence-electron chi connectivity index (χ0n) is 15.1. The molecule has 0 fully saturated rings. The van der Waals surface area contributed by atoms with E-state index >= 15 is 0 Å². The zero-order chi connectivity index (χ0) is 18.3. The summed E-state index contributed by atoms with van der Waals surface area (Å²) in [6.45, 7) is 5.53. The van der Waals surface area contributed by atoms with Crippen LogP contribution in [0.15, 0.2) is 30.1 Å². The van der Waals surface area contributed by atoms with Gasteiger partial charge in [-0.05, 0) is 37.5 Å². The highest BCUT2D eigenvalue weighted by molar-refractivity contribution is 5.77. The maximum atomic E-state index is 12.2. The number of esters is 1. The molecule has 0 aromatic heterocycles. The Hall–Kier alpha value is -2.05. The van der Waals surface area contributed by atoms with E-state index in [1.165, 1.54) is 7.11 Å². The van der Waals surface area contributed by atoms with Gasteiger partial charge in [0.25, 0.3) is 0 Å². The SMILES string of the molecule is CN/C=C(\N)COC(c1ccc(C)c(CO)c1)C(C)(C)C(=O)OC. The number of carbonyl (C=O) groups is 1. The summed E-state index contributed by atoms with van der Waals surface area (Å²) in [4.78, 5) is 12.2. The molecule has 4 N–H and O–H groups in total. The number of nitrogens with two attached hydrogens (primary N) is 1. The van der Waals surface area contributed by atoms with Crippen LogP contribution in [0.2, 0.25) is 0 Å². The average molecular weight is 336 g/mol. The fourth-order valence-corrected chi connectivity index (χ4v) is 2.52. The topological polar surface area (TPSA) is 93.8 Å². The first kappa shape index (κ1) is 20.0. The van der Waals surface area contributed by atoms with Gasteiger partial charge in [0, 0.05) is 13.2 Å². The molecule has 0 radical (unpaired) electrons. The first-order valence-corrected chi connectivity index (χ1v) is 7.80. The minimum absolute atomic E-state index is 0.0765. The number of hydrogen-bond acceptors (Lipinski definition) is 6. The van der Waals surface area contributed by atoms with Crippen molar-refractivity contribution in [1.29, 1.82) is 0 Å². The normalized spacial score (nSPS) is 13.5. The van der Waals surface area contributed by atoms with E-state index in [0.717, 1.165) is 16.7 Å². The predicted molar refractivity (Wildman–Crippen MR) is 92.9 cm³/mol. The van der Waals surface area contributed by atoms with Crippen molar-refractivity contribution in [2.24, 2.45) is 11.1 Å². The molecule has 0 aliphatic rings. The first-order valence-electron chi connectivity index (χ1n) is 7.80. The van der Waals surface area contributed by atoms with Crippen molar-refractivity contribution in [1.82, 2.24) is 5.32 Å². The fourth-order valence-electron chi connectivity index (χ4n) is 2.52. The van der Waals surface area contributed by atoms with E-state index in [1.54, 1.807) is 27.1 Å². The van der Waals surface area contributed by atoms with Crippen molar-refractivity contribution >= 4 is 5.97 Å². The van der Waals surface area contributed by atoms with Crippen LogP contribution in [0.3, 0.4) is 0 Å². The molecule has 1 unspecified atom stereocenters. The van der Waals surface area contributed by atoms with Gasteiger partial charge in [0.05, 0.1) is 37.5 Å². The van der Waals surface area contributed by atoms with E-state index in [2.05, 4.69) is 5.32 Å². The second kappa shape index (κ2) is 8.70. The van der Waals surface area contributed by atoms with Crippen LogP contribution in [0.4, 0.5) is 0 Å². The second-order valence-corrected chi connectivity index (χ2v) is 6.26. The number of hydrogen-bond donors (Lipinski definition) is 3. The fraction of sp³-hybridized carbons (Fsp3) is 0.500. The molecule has 1 aromatic carbocycles. The lowest BCUT2D eigenvalue weighted by molar-refractivity contribution is -0.160. The molecule has 0 aliphatic carbocycles. The zero-order valence-corrected chi connectivity index (χ0v) is 15.1. The molecule has 0 bridgehead atoms. The van der Waals surface area contributed by atoms with Crippen molar-refractivity contribution < 1.29 is 19.4 Å². The lowest BCUT2D eigenvalue weighted by Crippen LogP contribution is -2.35. The van der Waals surface area contributed by atoms with Gasteiger partial charge in [-0.15, -0.1) is 0 Å². The monoisotopic (exact) mass is 336 g/mol. The third-order valence-electron chi connectivity index (χ3n) is 3.96. The Labute approximate surface area is 143 Å². The summed E-state index contributed by atoms with van der Waals surface area (Å²) in [5.74, 6) is -0.380. The van der Waals surface area contributed by atoms with Gasteiger partial charge in [-0.3, -0.25) is 4.79 Å². The van der Waals surface area contributed by atoms with Gasteiger partial charge in [0.1, 0.15) is 0 Å². The van der Waals surface area contributed by atoms with Crippen molar-refractivity contribution in [3.05, 3.63) is 46.8 Å². The van der Waals surface area contributed by atoms with Crippen molar-refractivity contribution in [2.75, 3.05) is 20.8 Å². The molecule has 1 atom stereocenters. The first-order chi connectivity index (χ1) is 11.3. The largest absolute Gasteiger partial charge is 0.469 e. The number of ether oxygens (including phenoxy) is 2. The van der Waals surface area contributed by atoms with Crippen LogP contribution in [0.1, 0.15) is 36.6 Å². The smallest absolute Gasteiger partial charge is 0.314 e. The Bertz CT molecular complexity index is 597. The van der Waals surface area contributed by atoms with Crippen molar-refractivity contribution in [3.63, 3.8) is 0 Å². The Kier molecular flexibility index (Phi) is 7.25. The van der Waals surface area contributed by atoms with Crippen molar-refractivity contribution in [2.45, 2.75) is 33.5 Å². The molecule has 0 saturated heterocycles. The molecule has 24 heavy (non-hydrogen) atoms. The van der Waals surface area contributed by atoms with Crippen molar-refractivity contribution in [3.8, 4) is 0 Å². The Morgan fingerprint density at radius 2 is 2.12 bits per heavy atom. The van der Waals surface area contributed by atoms with Gasteiger partial charge in [-0.2, -0.15) is 0 Å². The number of nitrogens with one attached hydrogen (secondary N) is 1. The summed E-state index contributed by atoms with van der Waals surface area (Å²) >= 11 is 0. The summed E-state index contributed by atoms with van der Waals surface area (Å²) in [7, 11) is 3.10. The van der Waals surface area contributed by atoms with Gasteiger partial charge >= 0.3 is 5.97 Å². The highest BCUT2D eigenvalue weighted by Crippen LogP contribution is 2.38. The molecule has 0 amide bonds. The van der Waals surface area contributed by atoms with Crippen LogP contribution in [-0.2, 0) is 20.9 Å². The minimum Gasteiger partial charge on any atom is -0.469 e. The van der Waals surface area contributed by atoms with Crippen LogP contribution < -0.4 is 11.1 Å². The molecule has 0 aliphatic heterocycles. The molecule has 134 valence electrons. The van der Waals surface area contributed by atoms with Gasteiger partial charge in [0.15, 0.2) is 0 Å². The molecule has 1 aromatic rings. The molecule has 6 nitrogen and oxygen atoms in total. The van der Waals surface area contributed by atoms with Gasteiger partial charge in [0.2, 0.25) is 0 Å². The summed E-state index contributed by atoms with van der Waals surface area (Å²) in [6, 6.07) is 5.64. The molecule has 0 heterocycles. The maximum absolute atomic E-state index is 12.2. The minimum atomic E-state index is -0.920. The van der Waals surface area contributed by atoms with E-state index in [4.69, 9.17) is 15.2 Å². The lowest BCUT2D eigenvalue weighted by Gasteiger charge is -2.32. The molecule has 1 rings (SSSR count). The summed E-state index contributed by atoms with van der Waals surface area (Å²) in [6.07, 6.45) is 1.07. The van der Waals surface area contributed by atoms with E-state index in [0.29, 0.717) is 5.70 Å². The van der Waals surface area contributed by atoms with E-state index in [1.807, 2.05) is 25.1 Å². The second-order valence-electron chi connectivity index (χ2n) is 6.26. The van der Waals surface area contributed by atoms with Gasteiger partial charge < -0.3 is 25.6 Å². The van der Waals surface area contributed by atoms with E-state index < -0.39 is 11.5 Å². The summed E-state index contributed by atoms with van der Waals surface area (Å²) in [5, 5.41) is 12.3. The highest BCUT2D eigenvalue weighted by Gasteiger charge is 2.40. The van der Waals surface area contributed by atoms with E-state index in [9.17, 15) is 9.90 Å².